The van der Waals surface area contributed by atoms with E-state index in [1.54, 1.807) is 14.0 Å². The Labute approximate surface area is 112 Å². The molecular weight excluding hydrogens is 266 g/mol. The fourth-order valence-electron chi connectivity index (χ4n) is 2.09. The van der Waals surface area contributed by atoms with E-state index in [0.717, 1.165) is 12.1 Å². The third-order valence-corrected chi connectivity index (χ3v) is 3.26. The molecule has 0 saturated carbocycles. The maximum absolute atomic E-state index is 13.9. The highest BCUT2D eigenvalue weighted by atomic mass is 19.1. The molecule has 3 rings (SSSR count). The van der Waals surface area contributed by atoms with Gasteiger partial charge in [0.15, 0.2) is 11.5 Å². The fourth-order valence-corrected chi connectivity index (χ4v) is 2.09. The minimum Gasteiger partial charge on any atom is -0.297 e. The average Bonchev–Trinajstić information content (AvgIpc) is 2.64. The Bertz CT molecular complexity index is 882. The highest BCUT2D eigenvalue weighted by molar-refractivity contribution is 5.60. The minimum absolute atomic E-state index is 0.0477. The zero-order valence-electron chi connectivity index (χ0n) is 10.8. The minimum atomic E-state index is -0.779. The van der Waals surface area contributed by atoms with Crippen LogP contribution in [0.25, 0.3) is 17.0 Å². The Morgan fingerprint density at radius 1 is 1.20 bits per heavy atom. The molecule has 0 radical (unpaired) electrons. The van der Waals surface area contributed by atoms with E-state index in [-0.39, 0.29) is 17.1 Å². The lowest BCUT2D eigenvalue weighted by Crippen LogP contribution is -2.19. The van der Waals surface area contributed by atoms with Crippen LogP contribution in [0.5, 0.6) is 0 Å². The highest BCUT2D eigenvalue weighted by Gasteiger charge is 2.17. The Hall–Kier alpha value is -2.57. The van der Waals surface area contributed by atoms with Gasteiger partial charge in [-0.05, 0) is 19.1 Å². The van der Waals surface area contributed by atoms with Gasteiger partial charge >= 0.3 is 5.69 Å². The number of hydrogen-bond acceptors (Lipinski definition) is 3. The maximum Gasteiger partial charge on any atom is 0.335 e. The van der Waals surface area contributed by atoms with Gasteiger partial charge in [-0.3, -0.25) is 4.57 Å². The molecule has 0 aliphatic rings. The first-order valence-corrected chi connectivity index (χ1v) is 5.85. The van der Waals surface area contributed by atoms with Gasteiger partial charge < -0.3 is 0 Å². The molecule has 0 fully saturated rings. The van der Waals surface area contributed by atoms with E-state index >= 15 is 0 Å². The third-order valence-electron chi connectivity index (χ3n) is 3.26. The summed E-state index contributed by atoms with van der Waals surface area (Å²) in [5, 5.41) is 0. The molecule has 0 unspecified atom stereocenters. The normalized spacial score (nSPS) is 11.2. The van der Waals surface area contributed by atoms with Gasteiger partial charge in [0.2, 0.25) is 0 Å². The summed E-state index contributed by atoms with van der Waals surface area (Å²) >= 11 is 0. The van der Waals surface area contributed by atoms with Crippen molar-refractivity contribution < 1.29 is 8.78 Å². The lowest BCUT2D eigenvalue weighted by molar-refractivity contribution is 0.584. The number of benzene rings is 1. The molecule has 5 nitrogen and oxygen atoms in total. The zero-order chi connectivity index (χ0) is 14.4. The second-order valence-electron chi connectivity index (χ2n) is 4.41. The number of aryl methyl sites for hydroxylation is 1. The van der Waals surface area contributed by atoms with Crippen LogP contribution in [0.3, 0.4) is 0 Å². The van der Waals surface area contributed by atoms with Crippen molar-refractivity contribution in [3.63, 3.8) is 0 Å². The van der Waals surface area contributed by atoms with Crippen molar-refractivity contribution in [1.29, 1.82) is 0 Å². The second kappa shape index (κ2) is 4.22. The van der Waals surface area contributed by atoms with Crippen LogP contribution >= 0.6 is 0 Å². The van der Waals surface area contributed by atoms with Crippen LogP contribution in [0, 0.1) is 18.6 Å². The SMILES string of the molecule is Cc1c2ncnc(-c3ccc(F)cc3F)n2c(=O)n1C. The van der Waals surface area contributed by atoms with Gasteiger partial charge in [0, 0.05) is 13.1 Å². The van der Waals surface area contributed by atoms with Crippen molar-refractivity contribution in [3.8, 4) is 11.4 Å². The zero-order valence-corrected chi connectivity index (χ0v) is 10.8. The van der Waals surface area contributed by atoms with Crippen molar-refractivity contribution in [2.24, 2.45) is 7.05 Å². The van der Waals surface area contributed by atoms with E-state index in [2.05, 4.69) is 9.97 Å². The molecule has 20 heavy (non-hydrogen) atoms. The lowest BCUT2D eigenvalue weighted by atomic mass is 10.2. The number of fused-ring (bicyclic) bond motifs is 1. The van der Waals surface area contributed by atoms with Gasteiger partial charge in [-0.15, -0.1) is 0 Å². The van der Waals surface area contributed by atoms with Crippen LogP contribution in [0.15, 0.2) is 29.3 Å². The number of aromatic nitrogens is 4. The number of rotatable bonds is 1. The van der Waals surface area contributed by atoms with E-state index < -0.39 is 11.6 Å². The standard InChI is InChI=1S/C13H10F2N4O/c1-7-11-16-6-17-12(19(11)13(20)18(7)2)9-4-3-8(14)5-10(9)15/h3-6H,1-2H3. The molecule has 0 atom stereocenters. The molecule has 0 spiro atoms. The van der Waals surface area contributed by atoms with Crippen LogP contribution in [-0.4, -0.2) is 18.9 Å². The molecule has 1 aromatic carbocycles. The van der Waals surface area contributed by atoms with Crippen LogP contribution in [0.4, 0.5) is 8.78 Å². The topological polar surface area (TPSA) is 52.2 Å². The molecule has 102 valence electrons. The van der Waals surface area contributed by atoms with Gasteiger partial charge in [-0.25, -0.2) is 27.9 Å². The monoisotopic (exact) mass is 276 g/mol. The molecule has 0 N–H and O–H groups in total. The molecular formula is C13H10F2N4O. The molecule has 0 aliphatic carbocycles. The first-order chi connectivity index (χ1) is 9.50. The van der Waals surface area contributed by atoms with Crippen molar-refractivity contribution in [3.05, 3.63) is 52.3 Å². The molecule has 3 aromatic rings. The summed E-state index contributed by atoms with van der Waals surface area (Å²) in [5.41, 5.74) is 0.704. The molecule has 0 bridgehead atoms. The van der Waals surface area contributed by atoms with Crippen LogP contribution in [-0.2, 0) is 7.05 Å². The molecule has 2 aromatic heterocycles. The summed E-state index contributed by atoms with van der Waals surface area (Å²) in [4.78, 5) is 20.2. The van der Waals surface area contributed by atoms with E-state index in [1.807, 2.05) is 0 Å². The van der Waals surface area contributed by atoms with Gasteiger partial charge in [-0.2, -0.15) is 0 Å². The first kappa shape index (κ1) is 12.5. The fraction of sp³-hybridized carbons (Fsp3) is 0.154. The quantitative estimate of drug-likeness (QED) is 0.679. The number of hydrogen-bond donors (Lipinski definition) is 0. The molecule has 0 amide bonds. The summed E-state index contributed by atoms with van der Waals surface area (Å²) in [7, 11) is 1.59. The van der Waals surface area contributed by atoms with Crippen LogP contribution < -0.4 is 5.69 Å². The van der Waals surface area contributed by atoms with Gasteiger partial charge in [-0.1, -0.05) is 0 Å². The van der Waals surface area contributed by atoms with Crippen LogP contribution in [0.2, 0.25) is 0 Å². The van der Waals surface area contributed by atoms with E-state index in [4.69, 9.17) is 0 Å². The predicted octanol–water partition coefficient (Wildman–Crippen LogP) is 1.68. The smallest absolute Gasteiger partial charge is 0.297 e. The van der Waals surface area contributed by atoms with Gasteiger partial charge in [0.05, 0.1) is 11.3 Å². The van der Waals surface area contributed by atoms with Crippen molar-refractivity contribution in [2.75, 3.05) is 0 Å². The van der Waals surface area contributed by atoms with Crippen molar-refractivity contribution in [1.82, 2.24) is 18.9 Å². The number of halogens is 2. The Morgan fingerprint density at radius 2 is 1.95 bits per heavy atom. The summed E-state index contributed by atoms with van der Waals surface area (Å²) in [6.07, 6.45) is 1.25. The second-order valence-corrected chi connectivity index (χ2v) is 4.41. The Morgan fingerprint density at radius 3 is 2.65 bits per heavy atom. The van der Waals surface area contributed by atoms with E-state index in [1.165, 1.54) is 21.4 Å². The van der Waals surface area contributed by atoms with Gasteiger partial charge in [0.25, 0.3) is 0 Å². The average molecular weight is 276 g/mol. The summed E-state index contributed by atoms with van der Waals surface area (Å²) in [5.74, 6) is -1.37. The highest BCUT2D eigenvalue weighted by Crippen LogP contribution is 2.21. The van der Waals surface area contributed by atoms with Gasteiger partial charge in [0.1, 0.15) is 18.0 Å². The summed E-state index contributed by atoms with van der Waals surface area (Å²) in [6, 6.07) is 3.12. The van der Waals surface area contributed by atoms with Crippen molar-refractivity contribution in [2.45, 2.75) is 6.92 Å². The maximum atomic E-state index is 13.9. The summed E-state index contributed by atoms with van der Waals surface area (Å²) < 4.78 is 29.5. The third kappa shape index (κ3) is 1.63. The molecule has 0 saturated heterocycles. The molecule has 2 heterocycles. The Balaban J connectivity index is 2.43. The predicted molar refractivity (Wildman–Crippen MR) is 68.3 cm³/mol. The first-order valence-electron chi connectivity index (χ1n) is 5.85. The number of imidazole rings is 1. The molecule has 7 heteroatoms. The van der Waals surface area contributed by atoms with E-state index in [0.29, 0.717) is 11.3 Å². The lowest BCUT2D eigenvalue weighted by Gasteiger charge is -2.04. The van der Waals surface area contributed by atoms with Crippen LogP contribution in [0.1, 0.15) is 5.69 Å². The number of nitrogens with zero attached hydrogens (tertiary/aromatic N) is 4. The van der Waals surface area contributed by atoms with E-state index in [9.17, 15) is 13.6 Å². The largest absolute Gasteiger partial charge is 0.335 e. The molecule has 0 aliphatic heterocycles. The van der Waals surface area contributed by atoms with Crippen molar-refractivity contribution >= 4 is 5.65 Å². The summed E-state index contributed by atoms with van der Waals surface area (Å²) in [6.45, 7) is 1.73. The Kier molecular flexibility index (Phi) is 2.63.